The normalized spacial score (nSPS) is 10.4. The molecule has 0 radical (unpaired) electrons. The van der Waals surface area contributed by atoms with Gasteiger partial charge in [-0.1, -0.05) is 0 Å². The minimum atomic E-state index is -1.01. The summed E-state index contributed by atoms with van der Waals surface area (Å²) in [4.78, 5) is 22.4. The fraction of sp³-hybridized carbons (Fsp3) is 0.333. The highest BCUT2D eigenvalue weighted by molar-refractivity contribution is 5.92. The minimum absolute atomic E-state index is 0.189. The van der Waals surface area contributed by atoms with E-state index < -0.39 is 5.97 Å². The first-order valence-corrected chi connectivity index (χ1v) is 6.13. The molecule has 1 amide bonds. The van der Waals surface area contributed by atoms with Gasteiger partial charge in [-0.2, -0.15) is 10.2 Å². The number of carbonyl (C=O) groups excluding carboxylic acids is 1. The van der Waals surface area contributed by atoms with Crippen LogP contribution in [-0.4, -0.2) is 36.5 Å². The summed E-state index contributed by atoms with van der Waals surface area (Å²) in [6.07, 6.45) is 4.99. The Morgan fingerprint density at radius 2 is 2.20 bits per heavy atom. The summed E-state index contributed by atoms with van der Waals surface area (Å²) in [5, 5.41) is 19.3. The SMILES string of the molecule is CCn1cc(CNC(=O)c2ccn(CC(=O)O)n2)cn1. The molecule has 0 fully saturated rings. The third kappa shape index (κ3) is 3.44. The lowest BCUT2D eigenvalue weighted by Gasteiger charge is -2.00. The second kappa shape index (κ2) is 6.00. The van der Waals surface area contributed by atoms with Crippen molar-refractivity contribution in [3.63, 3.8) is 0 Å². The lowest BCUT2D eigenvalue weighted by atomic mass is 10.3. The molecule has 2 N–H and O–H groups in total. The number of aromatic nitrogens is 4. The van der Waals surface area contributed by atoms with Crippen molar-refractivity contribution in [2.45, 2.75) is 26.6 Å². The van der Waals surface area contributed by atoms with Gasteiger partial charge in [-0.05, 0) is 13.0 Å². The summed E-state index contributed by atoms with van der Waals surface area (Å²) in [6, 6.07) is 1.48. The molecule has 0 saturated heterocycles. The maximum atomic E-state index is 11.8. The lowest BCUT2D eigenvalue weighted by molar-refractivity contribution is -0.137. The summed E-state index contributed by atoms with van der Waals surface area (Å²) < 4.78 is 2.97. The van der Waals surface area contributed by atoms with Crippen LogP contribution in [0.4, 0.5) is 0 Å². The predicted molar refractivity (Wildman–Crippen MR) is 68.9 cm³/mol. The Labute approximate surface area is 115 Å². The topological polar surface area (TPSA) is 102 Å². The van der Waals surface area contributed by atoms with Gasteiger partial charge >= 0.3 is 5.97 Å². The number of carbonyl (C=O) groups is 2. The molecule has 106 valence electrons. The average molecular weight is 277 g/mol. The third-order valence-corrected chi connectivity index (χ3v) is 2.63. The van der Waals surface area contributed by atoms with E-state index in [1.165, 1.54) is 16.9 Å². The highest BCUT2D eigenvalue weighted by Gasteiger charge is 2.10. The standard InChI is InChI=1S/C12H15N5O3/c1-2-16-7-9(6-14-16)5-13-12(20)10-3-4-17(15-10)8-11(18)19/h3-4,6-7H,2,5,8H2,1H3,(H,13,20)(H,18,19). The Morgan fingerprint density at radius 3 is 2.85 bits per heavy atom. The van der Waals surface area contributed by atoms with Crippen LogP contribution in [0.15, 0.2) is 24.7 Å². The van der Waals surface area contributed by atoms with E-state index in [-0.39, 0.29) is 18.1 Å². The van der Waals surface area contributed by atoms with Crippen molar-refractivity contribution in [2.24, 2.45) is 0 Å². The highest BCUT2D eigenvalue weighted by Crippen LogP contribution is 2.00. The van der Waals surface area contributed by atoms with Crippen LogP contribution in [0.5, 0.6) is 0 Å². The molecule has 0 aliphatic rings. The molecule has 2 aromatic heterocycles. The monoisotopic (exact) mass is 277 g/mol. The molecular formula is C12H15N5O3. The van der Waals surface area contributed by atoms with E-state index >= 15 is 0 Å². The summed E-state index contributed by atoms with van der Waals surface area (Å²) in [7, 11) is 0. The number of aliphatic carboxylic acids is 1. The zero-order chi connectivity index (χ0) is 14.5. The van der Waals surface area contributed by atoms with Crippen molar-refractivity contribution in [3.05, 3.63) is 35.9 Å². The van der Waals surface area contributed by atoms with Gasteiger partial charge in [0.15, 0.2) is 0 Å². The number of aryl methyl sites for hydroxylation is 1. The third-order valence-electron chi connectivity index (χ3n) is 2.63. The number of hydrogen-bond acceptors (Lipinski definition) is 4. The van der Waals surface area contributed by atoms with Crippen LogP contribution in [0.3, 0.4) is 0 Å². The van der Waals surface area contributed by atoms with Crippen molar-refractivity contribution in [3.8, 4) is 0 Å². The predicted octanol–water partition coefficient (Wildman–Crippen LogP) is 0.114. The molecule has 2 heterocycles. The van der Waals surface area contributed by atoms with Crippen molar-refractivity contribution < 1.29 is 14.7 Å². The summed E-state index contributed by atoms with van der Waals surface area (Å²) >= 11 is 0. The number of hydrogen-bond donors (Lipinski definition) is 2. The van der Waals surface area contributed by atoms with Crippen molar-refractivity contribution in [1.82, 2.24) is 24.9 Å². The average Bonchev–Trinajstić information content (AvgIpc) is 3.04. The van der Waals surface area contributed by atoms with E-state index in [2.05, 4.69) is 15.5 Å². The Balaban J connectivity index is 1.91. The Kier molecular flexibility index (Phi) is 4.14. The Morgan fingerprint density at radius 1 is 1.40 bits per heavy atom. The Hall–Kier alpha value is -2.64. The van der Waals surface area contributed by atoms with Crippen LogP contribution in [0.2, 0.25) is 0 Å². The molecule has 0 atom stereocenters. The molecule has 2 aromatic rings. The largest absolute Gasteiger partial charge is 0.480 e. The van der Waals surface area contributed by atoms with E-state index in [1.807, 2.05) is 13.1 Å². The van der Waals surface area contributed by atoms with Crippen LogP contribution in [0.25, 0.3) is 0 Å². The first kappa shape index (κ1) is 13.8. The van der Waals surface area contributed by atoms with Crippen LogP contribution in [0.1, 0.15) is 23.0 Å². The summed E-state index contributed by atoms with van der Waals surface area (Å²) in [5.41, 5.74) is 1.08. The molecule has 0 unspecified atom stereocenters. The first-order valence-electron chi connectivity index (χ1n) is 6.13. The molecule has 8 heteroatoms. The highest BCUT2D eigenvalue weighted by atomic mass is 16.4. The van der Waals surface area contributed by atoms with Gasteiger partial charge in [-0.15, -0.1) is 0 Å². The number of amides is 1. The van der Waals surface area contributed by atoms with Gasteiger partial charge in [0, 0.05) is 31.0 Å². The van der Waals surface area contributed by atoms with Gasteiger partial charge in [-0.25, -0.2) is 0 Å². The second-order valence-corrected chi connectivity index (χ2v) is 4.18. The molecule has 2 rings (SSSR count). The first-order chi connectivity index (χ1) is 9.58. The molecule has 0 bridgehead atoms. The second-order valence-electron chi connectivity index (χ2n) is 4.18. The maximum Gasteiger partial charge on any atom is 0.325 e. The number of rotatable bonds is 6. The number of carboxylic acid groups (broad SMARTS) is 1. The van der Waals surface area contributed by atoms with E-state index in [0.29, 0.717) is 6.54 Å². The van der Waals surface area contributed by atoms with Crippen molar-refractivity contribution in [2.75, 3.05) is 0 Å². The van der Waals surface area contributed by atoms with E-state index in [0.717, 1.165) is 12.1 Å². The summed E-state index contributed by atoms with van der Waals surface area (Å²) in [5.74, 6) is -1.36. The van der Waals surface area contributed by atoms with E-state index in [4.69, 9.17) is 5.11 Å². The van der Waals surface area contributed by atoms with Gasteiger partial charge in [0.25, 0.3) is 5.91 Å². The van der Waals surface area contributed by atoms with Gasteiger partial charge in [-0.3, -0.25) is 19.0 Å². The Bertz CT molecular complexity index is 616. The van der Waals surface area contributed by atoms with Crippen LogP contribution in [0, 0.1) is 0 Å². The quantitative estimate of drug-likeness (QED) is 0.780. The molecule has 0 spiro atoms. The van der Waals surface area contributed by atoms with Crippen LogP contribution >= 0.6 is 0 Å². The van der Waals surface area contributed by atoms with Gasteiger partial charge in [0.1, 0.15) is 12.2 Å². The van der Waals surface area contributed by atoms with Gasteiger partial charge < -0.3 is 10.4 Å². The van der Waals surface area contributed by atoms with Crippen LogP contribution in [-0.2, 0) is 24.4 Å². The lowest BCUT2D eigenvalue weighted by Crippen LogP contribution is -2.23. The number of nitrogens with zero attached hydrogens (tertiary/aromatic N) is 4. The smallest absolute Gasteiger partial charge is 0.325 e. The fourth-order valence-electron chi connectivity index (χ4n) is 1.65. The molecule has 20 heavy (non-hydrogen) atoms. The molecule has 8 nitrogen and oxygen atoms in total. The zero-order valence-corrected chi connectivity index (χ0v) is 11.0. The summed E-state index contributed by atoms with van der Waals surface area (Å²) in [6.45, 7) is 2.83. The maximum absolute atomic E-state index is 11.8. The molecule has 0 saturated carbocycles. The van der Waals surface area contributed by atoms with E-state index in [1.54, 1.807) is 10.9 Å². The van der Waals surface area contributed by atoms with E-state index in [9.17, 15) is 9.59 Å². The van der Waals surface area contributed by atoms with Crippen molar-refractivity contribution >= 4 is 11.9 Å². The molecule has 0 aliphatic carbocycles. The molecule has 0 aromatic carbocycles. The molecular weight excluding hydrogens is 262 g/mol. The molecule has 0 aliphatic heterocycles. The van der Waals surface area contributed by atoms with Crippen LogP contribution < -0.4 is 5.32 Å². The van der Waals surface area contributed by atoms with Crippen molar-refractivity contribution in [1.29, 1.82) is 0 Å². The van der Waals surface area contributed by atoms with Gasteiger partial charge in [0.2, 0.25) is 0 Å². The fourth-order valence-corrected chi connectivity index (χ4v) is 1.65. The number of carboxylic acids is 1. The zero-order valence-electron chi connectivity index (χ0n) is 11.0. The number of nitrogens with one attached hydrogen (secondary N) is 1. The van der Waals surface area contributed by atoms with Gasteiger partial charge in [0.05, 0.1) is 6.20 Å². The minimum Gasteiger partial charge on any atom is -0.480 e.